The number of carbonyl (C=O) groups is 1. The van der Waals surface area contributed by atoms with Gasteiger partial charge in [-0.05, 0) is 17.7 Å². The van der Waals surface area contributed by atoms with E-state index < -0.39 is 11.9 Å². The van der Waals surface area contributed by atoms with Crippen molar-refractivity contribution in [2.75, 3.05) is 5.32 Å². The molecule has 1 amide bonds. The minimum atomic E-state index is -0.725. The van der Waals surface area contributed by atoms with Crippen LogP contribution >= 0.6 is 23.2 Å². The van der Waals surface area contributed by atoms with Gasteiger partial charge in [0.2, 0.25) is 0 Å². The minimum absolute atomic E-state index is 0.134. The molecule has 0 saturated carbocycles. The highest BCUT2D eigenvalue weighted by atomic mass is 35.5. The quantitative estimate of drug-likeness (QED) is 0.820. The van der Waals surface area contributed by atoms with Crippen LogP contribution in [0.2, 0.25) is 10.0 Å². The molecule has 0 atom stereocenters. The number of rotatable bonds is 3. The van der Waals surface area contributed by atoms with Crippen molar-refractivity contribution in [2.45, 2.75) is 6.61 Å². The highest BCUT2D eigenvalue weighted by Gasteiger charge is 2.10. The average Bonchev–Trinajstić information content (AvgIpc) is 2.43. The zero-order valence-electron chi connectivity index (χ0n) is 10.2. The maximum Gasteiger partial charge on any atom is 0.411 e. The molecule has 3 nitrogen and oxygen atoms in total. The maximum absolute atomic E-state index is 13.2. The predicted octanol–water partition coefficient (Wildman–Crippen LogP) is 4.88. The van der Waals surface area contributed by atoms with Gasteiger partial charge in [-0.2, -0.15) is 0 Å². The zero-order valence-corrected chi connectivity index (χ0v) is 11.7. The van der Waals surface area contributed by atoms with Crippen molar-refractivity contribution in [1.82, 2.24) is 0 Å². The summed E-state index contributed by atoms with van der Waals surface area (Å²) >= 11 is 11.2. The second-order valence-electron chi connectivity index (χ2n) is 3.94. The third kappa shape index (κ3) is 3.85. The van der Waals surface area contributed by atoms with Gasteiger partial charge in [-0.25, -0.2) is 9.18 Å². The Labute approximate surface area is 125 Å². The Kier molecular flexibility index (Phi) is 4.82. The van der Waals surface area contributed by atoms with E-state index in [0.29, 0.717) is 0 Å². The molecule has 104 valence electrons. The normalized spacial score (nSPS) is 10.2. The first-order valence-corrected chi connectivity index (χ1v) is 6.44. The van der Waals surface area contributed by atoms with E-state index in [1.54, 1.807) is 0 Å². The number of hydrogen-bond acceptors (Lipinski definition) is 2. The molecule has 0 fully saturated rings. The van der Waals surface area contributed by atoms with Crippen LogP contribution in [0.5, 0.6) is 0 Å². The van der Waals surface area contributed by atoms with E-state index in [-0.39, 0.29) is 22.3 Å². The molecular formula is C14H10Cl2FNO2. The first-order valence-electron chi connectivity index (χ1n) is 5.68. The van der Waals surface area contributed by atoms with Gasteiger partial charge in [0.25, 0.3) is 0 Å². The molecule has 0 radical (unpaired) electrons. The van der Waals surface area contributed by atoms with Crippen LogP contribution in [0, 0.1) is 5.82 Å². The summed E-state index contributed by atoms with van der Waals surface area (Å²) in [6.45, 7) is 0.134. The Balaban J connectivity index is 1.95. The van der Waals surface area contributed by atoms with Crippen molar-refractivity contribution in [3.63, 3.8) is 0 Å². The summed E-state index contributed by atoms with van der Waals surface area (Å²) in [5, 5.41) is 2.08. The number of anilines is 1. The van der Waals surface area contributed by atoms with Crippen molar-refractivity contribution >= 4 is 35.0 Å². The molecule has 0 aliphatic rings. The lowest BCUT2D eigenvalue weighted by atomic mass is 10.2. The van der Waals surface area contributed by atoms with Crippen molar-refractivity contribution in [3.8, 4) is 0 Å². The van der Waals surface area contributed by atoms with Crippen LogP contribution < -0.4 is 5.32 Å². The standard InChI is InChI=1S/C14H10Cl2FNO2/c15-11-6-10(7-12(16)13(11)17)18-14(19)20-8-9-4-2-1-3-5-9/h1-7H,8H2,(H,18,19). The second-order valence-corrected chi connectivity index (χ2v) is 4.76. The van der Waals surface area contributed by atoms with E-state index >= 15 is 0 Å². The molecule has 0 heterocycles. The van der Waals surface area contributed by atoms with E-state index in [4.69, 9.17) is 27.9 Å². The van der Waals surface area contributed by atoms with E-state index in [2.05, 4.69) is 5.32 Å². The molecule has 0 saturated heterocycles. The van der Waals surface area contributed by atoms with Crippen LogP contribution in [-0.4, -0.2) is 6.09 Å². The van der Waals surface area contributed by atoms with Gasteiger partial charge in [-0.15, -0.1) is 0 Å². The van der Waals surface area contributed by atoms with Gasteiger partial charge < -0.3 is 4.74 Å². The Morgan fingerprint density at radius 1 is 1.15 bits per heavy atom. The number of amides is 1. The van der Waals surface area contributed by atoms with Crippen molar-refractivity contribution in [2.24, 2.45) is 0 Å². The predicted molar refractivity (Wildman–Crippen MR) is 76.7 cm³/mol. The molecule has 1 N–H and O–H groups in total. The lowest BCUT2D eigenvalue weighted by molar-refractivity contribution is 0.155. The molecule has 0 bridgehead atoms. The average molecular weight is 314 g/mol. The van der Waals surface area contributed by atoms with E-state index in [1.165, 1.54) is 12.1 Å². The van der Waals surface area contributed by atoms with Crippen LogP contribution in [0.25, 0.3) is 0 Å². The first kappa shape index (κ1) is 14.6. The van der Waals surface area contributed by atoms with Gasteiger partial charge in [0.15, 0.2) is 5.82 Å². The first-order chi connectivity index (χ1) is 9.56. The van der Waals surface area contributed by atoms with Crippen LogP contribution in [0.4, 0.5) is 14.9 Å². The topological polar surface area (TPSA) is 38.3 Å². The highest BCUT2D eigenvalue weighted by Crippen LogP contribution is 2.27. The molecular weight excluding hydrogens is 304 g/mol. The number of nitrogens with one attached hydrogen (secondary N) is 1. The Hall–Kier alpha value is -1.78. The monoisotopic (exact) mass is 313 g/mol. The highest BCUT2D eigenvalue weighted by molar-refractivity contribution is 6.35. The van der Waals surface area contributed by atoms with E-state index in [1.807, 2.05) is 30.3 Å². The molecule has 0 unspecified atom stereocenters. The summed E-state index contributed by atoms with van der Waals surface area (Å²) < 4.78 is 18.2. The lowest BCUT2D eigenvalue weighted by Gasteiger charge is -2.08. The Morgan fingerprint density at radius 3 is 2.35 bits per heavy atom. The van der Waals surface area contributed by atoms with Gasteiger partial charge in [0, 0.05) is 5.69 Å². The lowest BCUT2D eigenvalue weighted by Crippen LogP contribution is -2.13. The van der Waals surface area contributed by atoms with Gasteiger partial charge >= 0.3 is 6.09 Å². The van der Waals surface area contributed by atoms with Gasteiger partial charge in [-0.3, -0.25) is 5.32 Å². The molecule has 2 aromatic carbocycles. The Bertz CT molecular complexity index is 597. The van der Waals surface area contributed by atoms with E-state index in [0.717, 1.165) is 5.56 Å². The summed E-state index contributed by atoms with van der Waals surface area (Å²) in [5.74, 6) is -0.725. The maximum atomic E-state index is 13.2. The SMILES string of the molecule is O=C(Nc1cc(Cl)c(F)c(Cl)c1)OCc1ccccc1. The van der Waals surface area contributed by atoms with Crippen LogP contribution in [0.1, 0.15) is 5.56 Å². The van der Waals surface area contributed by atoms with Crippen molar-refractivity contribution in [1.29, 1.82) is 0 Å². The summed E-state index contributed by atoms with van der Waals surface area (Å²) in [6, 6.07) is 11.7. The summed E-state index contributed by atoms with van der Waals surface area (Å²) in [7, 11) is 0. The number of carbonyl (C=O) groups excluding carboxylic acids is 1. The van der Waals surface area contributed by atoms with Gasteiger partial charge in [-0.1, -0.05) is 53.5 Å². The molecule has 2 rings (SSSR count). The molecule has 0 aliphatic carbocycles. The number of hydrogen-bond donors (Lipinski definition) is 1. The van der Waals surface area contributed by atoms with Crippen LogP contribution in [0.15, 0.2) is 42.5 Å². The summed E-state index contributed by atoms with van der Waals surface area (Å²) in [5.41, 5.74) is 1.12. The van der Waals surface area contributed by atoms with Crippen molar-refractivity contribution < 1.29 is 13.9 Å². The Morgan fingerprint density at radius 2 is 1.75 bits per heavy atom. The fourth-order valence-corrected chi connectivity index (χ4v) is 1.99. The molecule has 6 heteroatoms. The number of ether oxygens (including phenoxy) is 1. The second kappa shape index (κ2) is 6.59. The fraction of sp³-hybridized carbons (Fsp3) is 0.0714. The molecule has 20 heavy (non-hydrogen) atoms. The third-order valence-corrected chi connectivity index (χ3v) is 2.99. The molecule has 2 aromatic rings. The van der Waals surface area contributed by atoms with Crippen LogP contribution in [0.3, 0.4) is 0 Å². The van der Waals surface area contributed by atoms with Gasteiger partial charge in [0.05, 0.1) is 10.0 Å². The van der Waals surface area contributed by atoms with Crippen molar-refractivity contribution in [3.05, 3.63) is 63.9 Å². The molecule has 0 aliphatic heterocycles. The smallest absolute Gasteiger partial charge is 0.411 e. The minimum Gasteiger partial charge on any atom is -0.444 e. The van der Waals surface area contributed by atoms with E-state index in [9.17, 15) is 9.18 Å². The summed E-state index contributed by atoms with van der Waals surface area (Å²) in [6.07, 6.45) is -0.674. The summed E-state index contributed by atoms with van der Waals surface area (Å²) in [4.78, 5) is 11.6. The third-order valence-electron chi connectivity index (χ3n) is 2.44. The fourth-order valence-electron chi connectivity index (χ4n) is 1.50. The van der Waals surface area contributed by atoms with Crippen LogP contribution in [-0.2, 0) is 11.3 Å². The largest absolute Gasteiger partial charge is 0.444 e. The molecule has 0 aromatic heterocycles. The zero-order chi connectivity index (χ0) is 14.5. The number of benzene rings is 2. The number of halogens is 3. The van der Waals surface area contributed by atoms with Gasteiger partial charge in [0.1, 0.15) is 6.61 Å². The molecule has 0 spiro atoms.